The van der Waals surface area contributed by atoms with Crippen molar-refractivity contribution in [3.8, 4) is 0 Å². The first kappa shape index (κ1) is 61.9. The monoisotopic (exact) mass is 1030 g/mol. The van der Waals surface area contributed by atoms with Crippen molar-refractivity contribution in [1.82, 2.24) is 19.6 Å². The number of likely N-dealkylation sites (N-methyl/N-ethyl adjacent to an activating group) is 2. The summed E-state index contributed by atoms with van der Waals surface area (Å²) in [5.41, 5.74) is 0.359. The molecule has 1 fully saturated rings. The minimum absolute atomic E-state index is 0.00883. The Labute approximate surface area is 427 Å². The largest absolute Gasteiger partial charge is 0.379 e. The van der Waals surface area contributed by atoms with Gasteiger partial charge >= 0.3 is 0 Å². The number of ether oxygens (including phenoxy) is 5. The Morgan fingerprint density at radius 3 is 1.89 bits per heavy atom. The second-order valence-electron chi connectivity index (χ2n) is 19.8. The highest BCUT2D eigenvalue weighted by molar-refractivity contribution is 7.92. The lowest BCUT2D eigenvalue weighted by Crippen LogP contribution is -2.54. The summed E-state index contributed by atoms with van der Waals surface area (Å²) in [5, 5.41) is 2.70. The topological polar surface area (TPSA) is 225 Å². The smallest absolute Gasteiger partial charge is 0.253 e. The molecule has 0 bridgehead atoms. The number of anilines is 1. The number of hydrogen-bond donors (Lipinski definition) is 1. The van der Waals surface area contributed by atoms with Crippen molar-refractivity contribution in [1.29, 1.82) is 0 Å². The molecule has 1 aromatic rings. The number of ketones is 2. The maximum absolute atomic E-state index is 14.4. The molecule has 1 saturated heterocycles. The van der Waals surface area contributed by atoms with Gasteiger partial charge in [-0.15, -0.1) is 0 Å². The number of benzene rings is 1. The van der Waals surface area contributed by atoms with Gasteiger partial charge in [-0.05, 0) is 69.0 Å². The number of carbonyl (C=O) groups is 7. The van der Waals surface area contributed by atoms with Crippen LogP contribution in [0.5, 0.6) is 0 Å². The quantitative estimate of drug-likeness (QED) is 0.0759. The standard InChI is InChI=1S/C52H83N5O14S/c1-13-36(6)50(55(10)52(64)40(34(2)3)31-42(58)49(35(4)5)54(8)9)44(67-11)32-48(63)56-23-14-15-41(56)51(68-12)37(7)43(59)33-72(65,66)39-18-16-38(17-19-39)53-45(60)22-25-69-27-29-71-30-28-70-26-24-57-46(61)20-21-47(57)62/h16-21,34-37,40-41,44,49-51H,13-15,22-33H2,1-12H3,(H,53,60)/t36-,37-,40-,41-,44+,49-,50-,51+/m0/s1. The third kappa shape index (κ3) is 17.9. The van der Waals surface area contributed by atoms with Crippen LogP contribution < -0.4 is 5.32 Å². The van der Waals surface area contributed by atoms with Crippen LogP contribution in [0.4, 0.5) is 5.69 Å². The number of Topliss-reactive ketones (excluding diaryl/α,β-unsaturated/α-hetero) is 2. The van der Waals surface area contributed by atoms with Crippen molar-refractivity contribution in [3.63, 3.8) is 0 Å². The number of nitrogens with one attached hydrogen (secondary N) is 1. The number of methoxy groups -OCH3 is 2. The van der Waals surface area contributed by atoms with Gasteiger partial charge in [-0.3, -0.25) is 43.4 Å². The molecule has 0 radical (unpaired) electrons. The fraction of sp³-hybridized carbons (Fsp3) is 0.712. The highest BCUT2D eigenvalue weighted by atomic mass is 32.2. The molecule has 2 aliphatic heterocycles. The average Bonchev–Trinajstić information content (AvgIpc) is 3.94. The van der Waals surface area contributed by atoms with E-state index in [9.17, 15) is 42.0 Å². The van der Waals surface area contributed by atoms with E-state index in [1.54, 1.807) is 23.8 Å². The summed E-state index contributed by atoms with van der Waals surface area (Å²) in [4.78, 5) is 97.9. The minimum atomic E-state index is -4.11. The van der Waals surface area contributed by atoms with Crippen LogP contribution in [0.15, 0.2) is 41.3 Å². The van der Waals surface area contributed by atoms with Crippen molar-refractivity contribution in [3.05, 3.63) is 36.4 Å². The summed E-state index contributed by atoms with van der Waals surface area (Å²) >= 11 is 0. The predicted molar refractivity (Wildman–Crippen MR) is 271 cm³/mol. The average molecular weight is 1030 g/mol. The first-order valence-corrected chi connectivity index (χ1v) is 26.9. The summed E-state index contributed by atoms with van der Waals surface area (Å²) in [7, 11) is 4.33. The van der Waals surface area contributed by atoms with E-state index < -0.39 is 57.5 Å². The summed E-state index contributed by atoms with van der Waals surface area (Å²) in [6.45, 7) is 15.5. The van der Waals surface area contributed by atoms with E-state index in [2.05, 4.69) is 5.32 Å². The van der Waals surface area contributed by atoms with Gasteiger partial charge in [0.15, 0.2) is 21.4 Å². The highest BCUT2D eigenvalue weighted by Crippen LogP contribution is 2.32. The van der Waals surface area contributed by atoms with Crippen LogP contribution in [0.25, 0.3) is 0 Å². The zero-order chi connectivity index (χ0) is 53.9. The van der Waals surface area contributed by atoms with Gasteiger partial charge in [-0.25, -0.2) is 8.42 Å². The van der Waals surface area contributed by atoms with Crippen molar-refractivity contribution in [2.45, 2.75) is 122 Å². The molecule has 406 valence electrons. The van der Waals surface area contributed by atoms with E-state index >= 15 is 0 Å². The Kier molecular flexibility index (Phi) is 25.8. The molecule has 0 unspecified atom stereocenters. The fourth-order valence-corrected chi connectivity index (χ4v) is 11.0. The molecule has 0 saturated carbocycles. The molecular weight excluding hydrogens is 951 g/mol. The number of rotatable bonds is 34. The number of nitrogens with zero attached hydrogens (tertiary/aromatic N) is 4. The van der Waals surface area contributed by atoms with Crippen molar-refractivity contribution >= 4 is 56.6 Å². The molecule has 0 spiro atoms. The van der Waals surface area contributed by atoms with Crippen molar-refractivity contribution < 1.29 is 65.7 Å². The molecule has 1 N–H and O–H groups in total. The SMILES string of the molecule is CC[C@H](C)[C@@H]([C@@H](CC(=O)N1CCC[C@H]1[C@H](OC)[C@@H](C)C(=O)CS(=O)(=O)c1ccc(NC(=O)CCOCCOCCOCCN2C(=O)C=CC2=O)cc1)OC)N(C)C(=O)[C@@H](CC(=O)[C@H](C(C)C)N(C)C)C(C)C. The number of carbonyl (C=O) groups excluding carboxylic acids is 7. The first-order chi connectivity index (χ1) is 34.0. The van der Waals surface area contributed by atoms with Gasteiger partial charge in [0, 0.05) is 63.9 Å². The summed E-state index contributed by atoms with van der Waals surface area (Å²) < 4.78 is 55.3. The fourth-order valence-electron chi connectivity index (χ4n) is 9.69. The van der Waals surface area contributed by atoms with Gasteiger partial charge in [0.1, 0.15) is 5.75 Å². The maximum atomic E-state index is 14.4. The first-order valence-electron chi connectivity index (χ1n) is 25.2. The van der Waals surface area contributed by atoms with Crippen LogP contribution in [0.1, 0.15) is 87.0 Å². The lowest BCUT2D eigenvalue weighted by atomic mass is 9.83. The molecular formula is C52H83N5O14S. The zero-order valence-electron chi connectivity index (χ0n) is 44.8. The van der Waals surface area contributed by atoms with E-state index in [4.69, 9.17) is 23.7 Å². The Morgan fingerprint density at radius 2 is 1.36 bits per heavy atom. The normalized spacial score (nSPS) is 18.1. The lowest BCUT2D eigenvalue weighted by Gasteiger charge is -2.41. The molecule has 3 rings (SSSR count). The molecule has 8 atom stereocenters. The molecule has 20 heteroatoms. The Bertz CT molecular complexity index is 2070. The number of sulfone groups is 1. The van der Waals surface area contributed by atoms with Gasteiger partial charge < -0.3 is 38.8 Å². The van der Waals surface area contributed by atoms with Crippen LogP contribution in [-0.4, -0.2) is 193 Å². The van der Waals surface area contributed by atoms with E-state index in [-0.39, 0.29) is 129 Å². The van der Waals surface area contributed by atoms with Crippen LogP contribution in [0.3, 0.4) is 0 Å². The summed E-state index contributed by atoms with van der Waals surface area (Å²) in [6.07, 6.45) is 2.90. The summed E-state index contributed by atoms with van der Waals surface area (Å²) in [5.74, 6) is -4.43. The van der Waals surface area contributed by atoms with Crippen LogP contribution >= 0.6 is 0 Å². The van der Waals surface area contributed by atoms with Crippen LogP contribution in [0.2, 0.25) is 0 Å². The molecule has 2 aliphatic rings. The molecule has 5 amide bonds. The van der Waals surface area contributed by atoms with Gasteiger partial charge in [0.25, 0.3) is 11.8 Å². The highest BCUT2D eigenvalue weighted by Gasteiger charge is 2.43. The molecule has 2 heterocycles. The van der Waals surface area contributed by atoms with E-state index in [1.165, 1.54) is 50.6 Å². The molecule has 72 heavy (non-hydrogen) atoms. The maximum Gasteiger partial charge on any atom is 0.253 e. The minimum Gasteiger partial charge on any atom is -0.379 e. The Morgan fingerprint density at radius 1 is 0.778 bits per heavy atom. The van der Waals surface area contributed by atoms with Crippen LogP contribution in [0, 0.1) is 29.6 Å². The van der Waals surface area contributed by atoms with E-state index in [0.29, 0.717) is 31.5 Å². The number of likely N-dealkylation sites (tertiary alicyclic amines) is 1. The number of amides is 5. The second-order valence-corrected chi connectivity index (χ2v) is 21.8. The van der Waals surface area contributed by atoms with Crippen molar-refractivity contribution in [2.75, 3.05) is 99.2 Å². The molecule has 1 aromatic carbocycles. The molecule has 0 aliphatic carbocycles. The van der Waals surface area contributed by atoms with Gasteiger partial charge in [0.2, 0.25) is 17.7 Å². The third-order valence-corrected chi connectivity index (χ3v) is 15.5. The third-order valence-electron chi connectivity index (χ3n) is 13.8. The number of hydrogen-bond acceptors (Lipinski definition) is 15. The molecule has 0 aromatic heterocycles. The lowest BCUT2D eigenvalue weighted by molar-refractivity contribution is -0.149. The Balaban J connectivity index is 1.54. The van der Waals surface area contributed by atoms with Gasteiger partial charge in [-0.1, -0.05) is 54.9 Å². The molecule has 19 nitrogen and oxygen atoms in total. The van der Waals surface area contributed by atoms with Crippen molar-refractivity contribution in [2.24, 2.45) is 29.6 Å². The van der Waals surface area contributed by atoms with Crippen LogP contribution in [-0.2, 0) is 67.1 Å². The van der Waals surface area contributed by atoms with E-state index in [1.807, 2.05) is 60.5 Å². The zero-order valence-corrected chi connectivity index (χ0v) is 45.6. The number of imide groups is 1. The van der Waals surface area contributed by atoms with Gasteiger partial charge in [-0.2, -0.15) is 0 Å². The Hall–Kier alpha value is -4.44. The second kappa shape index (κ2) is 30.1. The summed E-state index contributed by atoms with van der Waals surface area (Å²) in [6, 6.07) is 4.20. The van der Waals surface area contributed by atoms with Gasteiger partial charge in [0.05, 0.1) is 94.3 Å². The predicted octanol–water partition coefficient (Wildman–Crippen LogP) is 4.07. The van der Waals surface area contributed by atoms with E-state index in [0.717, 1.165) is 4.90 Å².